The number of aromatic carboxylic acids is 1. The second-order valence-electron chi connectivity index (χ2n) is 12.0. The predicted molar refractivity (Wildman–Crippen MR) is 176 cm³/mol. The normalized spacial score (nSPS) is 26.8. The fourth-order valence-electron chi connectivity index (χ4n) is 5.80. The van der Waals surface area contributed by atoms with Crippen LogP contribution in [0.15, 0.2) is 37.2 Å². The van der Waals surface area contributed by atoms with Crippen LogP contribution < -0.4 is 10.3 Å². The fraction of sp³-hybridized carbons (Fsp3) is 0.483. The largest absolute Gasteiger partial charge is 0.481 e. The van der Waals surface area contributed by atoms with Crippen molar-refractivity contribution >= 4 is 62.5 Å². The molecule has 0 saturated carbocycles. The van der Waals surface area contributed by atoms with Crippen molar-refractivity contribution in [2.45, 2.75) is 76.8 Å². The van der Waals surface area contributed by atoms with Gasteiger partial charge < -0.3 is 49.0 Å². The molecule has 2 saturated heterocycles. The van der Waals surface area contributed by atoms with Crippen molar-refractivity contribution in [1.29, 1.82) is 0 Å². The first-order valence-corrected chi connectivity index (χ1v) is 19.1. The van der Waals surface area contributed by atoms with Gasteiger partial charge in [-0.25, -0.2) is 28.9 Å². The van der Waals surface area contributed by atoms with Gasteiger partial charge in [0.25, 0.3) is 0 Å². The number of phosphoric acid groups is 2. The van der Waals surface area contributed by atoms with E-state index in [-0.39, 0.29) is 22.5 Å². The van der Waals surface area contributed by atoms with Crippen molar-refractivity contribution in [1.82, 2.24) is 19.5 Å². The Morgan fingerprint density at radius 2 is 1.36 bits per heavy atom. The summed E-state index contributed by atoms with van der Waals surface area (Å²) in [7, 11) is -11.2. The minimum Gasteiger partial charge on any atom is -0.477 e. The van der Waals surface area contributed by atoms with E-state index in [9.17, 15) is 48.0 Å². The van der Waals surface area contributed by atoms with E-state index in [1.807, 2.05) is 0 Å². The second-order valence-corrected chi connectivity index (χ2v) is 15.0. The molecule has 0 spiro atoms. The lowest BCUT2D eigenvalue weighted by Crippen LogP contribution is -2.48. The van der Waals surface area contributed by atoms with Gasteiger partial charge in [-0.05, 0) is 6.07 Å². The van der Waals surface area contributed by atoms with E-state index in [0.717, 1.165) is 40.2 Å². The van der Waals surface area contributed by atoms with Gasteiger partial charge in [0.1, 0.15) is 29.6 Å². The highest BCUT2D eigenvalue weighted by molar-refractivity contribution is 7.61. The number of hydrogen-bond donors (Lipinski definition) is 4. The lowest BCUT2D eigenvalue weighted by atomic mass is 10.1. The average Bonchev–Trinajstić information content (AvgIpc) is 3.76. The number of nitrogens with two attached hydrogens (primary N) is 1. The zero-order valence-corrected chi connectivity index (χ0v) is 31.4. The number of pyridine rings is 1. The number of esters is 4. The number of carbonyl (C=O) groups is 5. The molecule has 2 aliphatic rings. The van der Waals surface area contributed by atoms with E-state index in [4.69, 9.17) is 43.2 Å². The Morgan fingerprint density at radius 1 is 0.821 bits per heavy atom. The number of nitrogens with zero attached hydrogens (tertiary/aromatic N) is 5. The fourth-order valence-corrected chi connectivity index (χ4v) is 7.89. The molecule has 2 aliphatic heterocycles. The van der Waals surface area contributed by atoms with Crippen molar-refractivity contribution in [3.8, 4) is 0 Å². The van der Waals surface area contributed by atoms with Crippen molar-refractivity contribution in [3.05, 3.63) is 42.7 Å². The number of nitrogen functional groups attached to an aromatic ring is 1. The smallest absolute Gasteiger partial charge is 0.477 e. The van der Waals surface area contributed by atoms with Crippen LogP contribution in [0, 0.1) is 0 Å². The van der Waals surface area contributed by atoms with E-state index in [2.05, 4.69) is 19.3 Å². The van der Waals surface area contributed by atoms with Crippen molar-refractivity contribution < 1.29 is 94.3 Å². The van der Waals surface area contributed by atoms with Crippen molar-refractivity contribution in [3.63, 3.8) is 0 Å². The summed E-state index contributed by atoms with van der Waals surface area (Å²) >= 11 is 0. The molecule has 27 heteroatoms. The molecule has 5 rings (SSSR count). The molecule has 6 unspecified atom stereocenters. The monoisotopic (exact) mass is 833 g/mol. The Balaban J connectivity index is 1.31. The maximum atomic E-state index is 13.0. The molecule has 304 valence electrons. The minimum atomic E-state index is -5.59. The van der Waals surface area contributed by atoms with Crippen LogP contribution in [0.1, 0.15) is 50.5 Å². The van der Waals surface area contributed by atoms with Crippen molar-refractivity contribution in [2.75, 3.05) is 18.9 Å². The molecule has 10 atom stereocenters. The Morgan fingerprint density at radius 3 is 1.93 bits per heavy atom. The molecular weight excluding hydrogens is 798 g/mol. The molecule has 2 fully saturated rings. The molecule has 5 N–H and O–H groups in total. The Hall–Kier alpha value is -4.97. The van der Waals surface area contributed by atoms with Crippen LogP contribution in [0.2, 0.25) is 0 Å². The van der Waals surface area contributed by atoms with E-state index < -0.39 is 108 Å². The second kappa shape index (κ2) is 17.0. The van der Waals surface area contributed by atoms with Gasteiger partial charge in [-0.3, -0.25) is 32.8 Å². The average molecular weight is 834 g/mol. The molecule has 0 radical (unpaired) electrons. The molecule has 0 aromatic carbocycles. The third kappa shape index (κ3) is 10.1. The number of rotatable bonds is 15. The zero-order valence-electron chi connectivity index (χ0n) is 29.6. The van der Waals surface area contributed by atoms with Crippen LogP contribution in [-0.4, -0.2) is 114 Å². The highest BCUT2D eigenvalue weighted by Crippen LogP contribution is 2.61. The molecule has 0 aliphatic carbocycles. The summed E-state index contributed by atoms with van der Waals surface area (Å²) in [5.74, 6) is -4.80. The first kappa shape index (κ1) is 42.2. The summed E-state index contributed by atoms with van der Waals surface area (Å²) in [6, 6.07) is 2.59. The Bertz CT molecular complexity index is 2100. The topological polar surface area (TPSA) is 337 Å². The number of aromatic nitrogens is 5. The lowest BCUT2D eigenvalue weighted by molar-refractivity contribution is -0.765. The third-order valence-electron chi connectivity index (χ3n) is 7.81. The van der Waals surface area contributed by atoms with Gasteiger partial charge in [-0.2, -0.15) is 8.88 Å². The molecule has 3 aromatic rings. The van der Waals surface area contributed by atoms with Crippen LogP contribution >= 0.6 is 15.6 Å². The maximum absolute atomic E-state index is 13.0. The first-order chi connectivity index (χ1) is 26.2. The molecular formula is C29H35N6O19P2+. The number of hydrogen-bond acceptors (Lipinski definition) is 20. The number of imidazole rings is 1. The van der Waals surface area contributed by atoms with Crippen LogP contribution in [0.4, 0.5) is 5.82 Å². The van der Waals surface area contributed by atoms with Gasteiger partial charge in [0.15, 0.2) is 48.4 Å². The highest BCUT2D eigenvalue weighted by atomic mass is 31.3. The minimum absolute atomic E-state index is 0.00365. The van der Waals surface area contributed by atoms with Gasteiger partial charge in [-0.1, -0.05) is 0 Å². The van der Waals surface area contributed by atoms with Crippen LogP contribution in [-0.2, 0) is 70.1 Å². The van der Waals surface area contributed by atoms with Gasteiger partial charge in [0.05, 0.1) is 19.5 Å². The van der Waals surface area contributed by atoms with Gasteiger partial charge >= 0.3 is 51.7 Å². The summed E-state index contributed by atoms with van der Waals surface area (Å²) in [5.41, 5.74) is 5.91. The lowest BCUT2D eigenvalue weighted by Gasteiger charge is -2.24. The molecule has 56 heavy (non-hydrogen) atoms. The molecule has 5 heterocycles. The number of carboxylic acids is 1. The first-order valence-electron chi connectivity index (χ1n) is 16.1. The Labute approximate surface area is 314 Å². The summed E-state index contributed by atoms with van der Waals surface area (Å²) in [5, 5.41) is 9.43. The molecule has 0 bridgehead atoms. The van der Waals surface area contributed by atoms with E-state index >= 15 is 0 Å². The number of carboxylic acid groups (broad SMARTS) is 1. The van der Waals surface area contributed by atoms with Crippen LogP contribution in [0.25, 0.3) is 11.2 Å². The zero-order chi connectivity index (χ0) is 41.1. The number of carbonyl (C=O) groups excluding carboxylic acids is 4. The maximum Gasteiger partial charge on any atom is 0.481 e. The number of fused-ring (bicyclic) bond motifs is 1. The number of ether oxygens (including phenoxy) is 6. The van der Waals surface area contributed by atoms with E-state index in [1.54, 1.807) is 0 Å². The summed E-state index contributed by atoms with van der Waals surface area (Å²) in [6.45, 7) is 2.14. The summed E-state index contributed by atoms with van der Waals surface area (Å²) < 4.78 is 75.8. The van der Waals surface area contributed by atoms with Crippen LogP contribution in [0.3, 0.4) is 0 Å². The third-order valence-corrected chi connectivity index (χ3v) is 10.4. The Kier molecular flexibility index (Phi) is 12.8. The van der Waals surface area contributed by atoms with Gasteiger partial charge in [0, 0.05) is 33.8 Å². The van der Waals surface area contributed by atoms with Crippen molar-refractivity contribution in [2.24, 2.45) is 0 Å². The molecule has 0 amide bonds. The standard InChI is InChI=1S/C29H34N6O19P2/c1-13(36)48-21-18(52-27(23(21)50-15(3)38)34-7-5-6-17(8-34)29(40)41)9-46-55(42,43)54-56(44,45)47-10-19-22(49-14(2)37)24(51-16(4)39)28(53-19)35-12-33-20-25(30)31-11-32-26(20)35/h5-8,11-12,18-19,21-24,27-28H,9-10H2,1-4H3,(H4-,30,31,32,40,41,42,43,44,45)/p+1/t18-,19-,21?,22?,23?,24?,27-,28-/m1/s1. The predicted octanol–water partition coefficient (Wildman–Crippen LogP) is -0.133. The molecule has 3 aromatic heterocycles. The van der Waals surface area contributed by atoms with Gasteiger partial charge in [0.2, 0.25) is 6.10 Å². The SMILES string of the molecule is CC(=O)OC1C(OC(C)=O)[C@@H](COP(=O)(O)OP(=O)(O)OC[C@H]2O[C@@H]([n+]3cccc(C(=O)O)c3)C(OC(C)=O)C2OC(C)=O)O[C@H]1n1cnc2c(N)ncnc21. The van der Waals surface area contributed by atoms with E-state index in [1.165, 1.54) is 33.8 Å². The van der Waals surface area contributed by atoms with E-state index in [0.29, 0.717) is 0 Å². The molecule has 25 nitrogen and oxygen atoms in total. The van der Waals surface area contributed by atoms with Crippen LogP contribution in [0.5, 0.6) is 0 Å². The number of phosphoric ester groups is 2. The quantitative estimate of drug-likeness (QED) is 0.0670. The number of anilines is 1. The van der Waals surface area contributed by atoms with Gasteiger partial charge in [-0.15, -0.1) is 0 Å². The summed E-state index contributed by atoms with van der Waals surface area (Å²) in [4.78, 5) is 92.7. The summed E-state index contributed by atoms with van der Waals surface area (Å²) in [6.07, 6.45) is -6.84. The highest BCUT2D eigenvalue weighted by Gasteiger charge is 2.56.